The summed E-state index contributed by atoms with van der Waals surface area (Å²) in [7, 11) is 1.64. The molecule has 0 aliphatic carbocycles. The molecule has 0 spiro atoms. The first-order valence-electron chi connectivity index (χ1n) is 6.93. The molecule has 0 amide bonds. The lowest BCUT2D eigenvalue weighted by Gasteiger charge is -2.22. The van der Waals surface area contributed by atoms with Crippen molar-refractivity contribution >= 4 is 0 Å². The van der Waals surface area contributed by atoms with Crippen LogP contribution >= 0.6 is 0 Å². The van der Waals surface area contributed by atoms with E-state index in [4.69, 9.17) is 4.74 Å². The van der Waals surface area contributed by atoms with Gasteiger partial charge < -0.3 is 20.3 Å². The molecule has 4 heteroatoms. The molecule has 0 aromatic heterocycles. The van der Waals surface area contributed by atoms with Gasteiger partial charge in [0, 0.05) is 12.1 Å². The zero-order valence-corrected chi connectivity index (χ0v) is 12.5. The number of aromatic hydroxyl groups is 2. The minimum atomic E-state index is -0.177. The first kappa shape index (κ1) is 15.2. The lowest BCUT2D eigenvalue weighted by Crippen LogP contribution is -2.22. The van der Waals surface area contributed by atoms with Gasteiger partial charge in [0.1, 0.15) is 17.2 Å². The Morgan fingerprint density at radius 3 is 2.00 bits per heavy atom. The van der Waals surface area contributed by atoms with Crippen molar-refractivity contribution in [3.63, 3.8) is 0 Å². The zero-order valence-electron chi connectivity index (χ0n) is 12.5. The van der Waals surface area contributed by atoms with Crippen LogP contribution in [0.2, 0.25) is 0 Å². The average molecular weight is 287 g/mol. The quantitative estimate of drug-likeness (QED) is 0.787. The molecule has 0 radical (unpaired) electrons. The van der Waals surface area contributed by atoms with Crippen molar-refractivity contribution in [1.82, 2.24) is 5.32 Å². The number of methoxy groups -OCH3 is 1. The summed E-state index contributed by atoms with van der Waals surface area (Å²) in [5, 5.41) is 23.2. The molecule has 0 aliphatic rings. The molecule has 2 rings (SSSR count). The average Bonchev–Trinajstić information content (AvgIpc) is 2.47. The summed E-state index contributed by atoms with van der Waals surface area (Å²) in [4.78, 5) is 0. The Labute approximate surface area is 125 Å². The van der Waals surface area contributed by atoms with Crippen molar-refractivity contribution in [2.75, 3.05) is 7.11 Å². The zero-order chi connectivity index (χ0) is 15.4. The van der Waals surface area contributed by atoms with Gasteiger partial charge in [-0.15, -0.1) is 0 Å². The molecular weight excluding hydrogens is 266 g/mol. The van der Waals surface area contributed by atoms with Crippen molar-refractivity contribution in [2.24, 2.45) is 0 Å². The molecule has 21 heavy (non-hydrogen) atoms. The Bertz CT molecular complexity index is 575. The number of nitrogens with one attached hydrogen (secondary N) is 1. The third kappa shape index (κ3) is 3.47. The van der Waals surface area contributed by atoms with E-state index in [9.17, 15) is 10.2 Å². The Balaban J connectivity index is 2.12. The summed E-state index contributed by atoms with van der Waals surface area (Å²) in [6.07, 6.45) is 0. The third-order valence-electron chi connectivity index (χ3n) is 3.61. The lowest BCUT2D eigenvalue weighted by atomic mass is 10.0. The molecule has 112 valence electrons. The Hall–Kier alpha value is -2.20. The summed E-state index contributed by atoms with van der Waals surface area (Å²) in [6.45, 7) is 3.95. The van der Waals surface area contributed by atoms with Crippen LogP contribution in [0, 0.1) is 0 Å². The highest BCUT2D eigenvalue weighted by Crippen LogP contribution is 2.33. The van der Waals surface area contributed by atoms with Gasteiger partial charge in [0.15, 0.2) is 0 Å². The maximum absolute atomic E-state index is 9.90. The van der Waals surface area contributed by atoms with E-state index in [1.165, 1.54) is 0 Å². The van der Waals surface area contributed by atoms with Crippen LogP contribution in [0.25, 0.3) is 0 Å². The van der Waals surface area contributed by atoms with E-state index in [1.54, 1.807) is 25.3 Å². The van der Waals surface area contributed by atoms with Crippen molar-refractivity contribution in [3.8, 4) is 17.2 Å². The molecule has 3 N–H and O–H groups in total. The second kappa shape index (κ2) is 6.50. The molecule has 0 fully saturated rings. The van der Waals surface area contributed by atoms with Gasteiger partial charge in [-0.1, -0.05) is 18.2 Å². The number of benzene rings is 2. The number of hydrogen-bond acceptors (Lipinski definition) is 4. The van der Waals surface area contributed by atoms with Gasteiger partial charge in [-0.25, -0.2) is 0 Å². The lowest BCUT2D eigenvalue weighted by molar-refractivity contribution is 0.406. The smallest absolute Gasteiger partial charge is 0.124 e. The fourth-order valence-corrected chi connectivity index (χ4v) is 2.43. The SMILES string of the molecule is COc1ccc(C(C)NC(C)c2c(O)cccc2O)cc1. The predicted octanol–water partition coefficient (Wildman–Crippen LogP) is 3.52. The van der Waals surface area contributed by atoms with E-state index in [-0.39, 0.29) is 23.6 Å². The molecule has 0 saturated heterocycles. The van der Waals surface area contributed by atoms with Crippen LogP contribution in [0.3, 0.4) is 0 Å². The molecule has 0 aliphatic heterocycles. The largest absolute Gasteiger partial charge is 0.507 e. The van der Waals surface area contributed by atoms with Gasteiger partial charge in [-0.05, 0) is 43.7 Å². The second-order valence-corrected chi connectivity index (χ2v) is 5.09. The van der Waals surface area contributed by atoms with Gasteiger partial charge in [0.05, 0.1) is 12.7 Å². The van der Waals surface area contributed by atoms with E-state index in [0.29, 0.717) is 5.56 Å². The van der Waals surface area contributed by atoms with Crippen molar-refractivity contribution < 1.29 is 14.9 Å². The number of phenolic OH excluding ortho intramolecular Hbond substituents is 2. The number of rotatable bonds is 5. The van der Waals surface area contributed by atoms with Gasteiger partial charge in [-0.3, -0.25) is 0 Å². The summed E-state index contributed by atoms with van der Waals surface area (Å²) in [5.41, 5.74) is 1.62. The third-order valence-corrected chi connectivity index (χ3v) is 3.61. The Kier molecular flexibility index (Phi) is 4.70. The first-order chi connectivity index (χ1) is 10.0. The predicted molar refractivity (Wildman–Crippen MR) is 82.7 cm³/mol. The van der Waals surface area contributed by atoms with Crippen LogP contribution in [0.5, 0.6) is 17.2 Å². The monoisotopic (exact) mass is 287 g/mol. The van der Waals surface area contributed by atoms with E-state index in [0.717, 1.165) is 11.3 Å². The van der Waals surface area contributed by atoms with Crippen LogP contribution in [-0.2, 0) is 0 Å². The number of phenols is 2. The van der Waals surface area contributed by atoms with Crippen LogP contribution in [0.1, 0.15) is 37.1 Å². The van der Waals surface area contributed by atoms with E-state index in [2.05, 4.69) is 5.32 Å². The number of ether oxygens (including phenoxy) is 1. The van der Waals surface area contributed by atoms with E-state index < -0.39 is 0 Å². The maximum atomic E-state index is 9.90. The van der Waals surface area contributed by atoms with Crippen molar-refractivity contribution in [3.05, 3.63) is 53.6 Å². The first-order valence-corrected chi connectivity index (χ1v) is 6.93. The fraction of sp³-hybridized carbons (Fsp3) is 0.294. The standard InChI is InChI=1S/C17H21NO3/c1-11(13-7-9-14(21-3)10-8-13)18-12(2)17-15(19)5-4-6-16(17)20/h4-12,18-20H,1-3H3. The molecule has 4 nitrogen and oxygen atoms in total. The van der Waals surface area contributed by atoms with Crippen LogP contribution in [-0.4, -0.2) is 17.3 Å². The highest BCUT2D eigenvalue weighted by Gasteiger charge is 2.17. The molecule has 2 atom stereocenters. The van der Waals surface area contributed by atoms with Gasteiger partial charge in [0.25, 0.3) is 0 Å². The maximum Gasteiger partial charge on any atom is 0.124 e. The van der Waals surface area contributed by atoms with Crippen molar-refractivity contribution in [2.45, 2.75) is 25.9 Å². The highest BCUT2D eigenvalue weighted by molar-refractivity contribution is 5.45. The number of hydrogen-bond donors (Lipinski definition) is 3. The summed E-state index contributed by atoms with van der Waals surface area (Å²) < 4.78 is 5.14. The Morgan fingerprint density at radius 2 is 1.48 bits per heavy atom. The summed E-state index contributed by atoms with van der Waals surface area (Å²) >= 11 is 0. The highest BCUT2D eigenvalue weighted by atomic mass is 16.5. The Morgan fingerprint density at radius 1 is 0.905 bits per heavy atom. The molecular formula is C17H21NO3. The van der Waals surface area contributed by atoms with Crippen LogP contribution in [0.4, 0.5) is 0 Å². The van der Waals surface area contributed by atoms with E-state index >= 15 is 0 Å². The van der Waals surface area contributed by atoms with E-state index in [1.807, 2.05) is 38.1 Å². The van der Waals surface area contributed by atoms with Crippen molar-refractivity contribution in [1.29, 1.82) is 0 Å². The normalized spacial score (nSPS) is 13.7. The van der Waals surface area contributed by atoms with Crippen LogP contribution in [0.15, 0.2) is 42.5 Å². The molecule has 0 heterocycles. The molecule has 0 saturated carbocycles. The van der Waals surface area contributed by atoms with Gasteiger partial charge in [0.2, 0.25) is 0 Å². The molecule has 0 bridgehead atoms. The molecule has 2 aromatic rings. The fourth-order valence-electron chi connectivity index (χ4n) is 2.43. The van der Waals surface area contributed by atoms with Gasteiger partial charge >= 0.3 is 0 Å². The van der Waals surface area contributed by atoms with Crippen LogP contribution < -0.4 is 10.1 Å². The summed E-state index contributed by atoms with van der Waals surface area (Å²) in [6, 6.07) is 12.5. The van der Waals surface area contributed by atoms with Gasteiger partial charge in [-0.2, -0.15) is 0 Å². The molecule has 2 unspecified atom stereocenters. The molecule has 2 aromatic carbocycles. The second-order valence-electron chi connectivity index (χ2n) is 5.09. The summed E-state index contributed by atoms with van der Waals surface area (Å²) in [5.74, 6) is 1.01. The topological polar surface area (TPSA) is 61.7 Å². The minimum Gasteiger partial charge on any atom is -0.507 e. The minimum absolute atomic E-state index is 0.0740.